The summed E-state index contributed by atoms with van der Waals surface area (Å²) in [6.45, 7) is 9.50. The highest BCUT2D eigenvalue weighted by Crippen LogP contribution is 2.30. The maximum Gasteiger partial charge on any atom is 0.160 e. The predicted octanol–water partition coefficient (Wildman–Crippen LogP) is 3.07. The van der Waals surface area contributed by atoms with Gasteiger partial charge in [0.15, 0.2) is 11.5 Å². The van der Waals surface area contributed by atoms with Crippen molar-refractivity contribution in [2.45, 2.75) is 40.0 Å². The molecule has 0 fully saturated rings. The Bertz CT molecular complexity index is 371. The van der Waals surface area contributed by atoms with E-state index in [9.17, 15) is 10.2 Å². The van der Waals surface area contributed by atoms with Crippen LogP contribution in [0.25, 0.3) is 0 Å². The van der Waals surface area contributed by atoms with Gasteiger partial charge in [0.25, 0.3) is 0 Å². The van der Waals surface area contributed by atoms with Crippen LogP contribution in [0.15, 0.2) is 12.1 Å². The average molecular weight is 251 g/mol. The third kappa shape index (κ3) is 3.91. The molecular weight excluding hydrogens is 226 g/mol. The van der Waals surface area contributed by atoms with Crippen molar-refractivity contribution < 1.29 is 10.2 Å². The van der Waals surface area contributed by atoms with Gasteiger partial charge in [0.05, 0.1) is 0 Å². The average Bonchev–Trinajstić information content (AvgIpc) is 2.35. The lowest BCUT2D eigenvalue weighted by Gasteiger charge is -2.21. The topological polar surface area (TPSA) is 43.7 Å². The Morgan fingerprint density at radius 3 is 2.17 bits per heavy atom. The molecular formula is C15H25NO2. The Kier molecular flexibility index (Phi) is 5.99. The van der Waals surface area contributed by atoms with E-state index >= 15 is 0 Å². The smallest absolute Gasteiger partial charge is 0.160 e. The number of phenols is 2. The molecule has 0 saturated carbocycles. The molecule has 0 bridgehead atoms. The molecule has 0 saturated heterocycles. The number of hydrogen-bond acceptors (Lipinski definition) is 3. The zero-order valence-electron chi connectivity index (χ0n) is 11.7. The Balaban J connectivity index is 2.64. The highest BCUT2D eigenvalue weighted by atomic mass is 16.3. The van der Waals surface area contributed by atoms with Crippen molar-refractivity contribution in [3.63, 3.8) is 0 Å². The first-order chi connectivity index (χ1) is 8.60. The summed E-state index contributed by atoms with van der Waals surface area (Å²) in [5, 5.41) is 19.1. The standard InChI is InChI=1S/C15H25NO2/c1-4-9-16(10-5-2)11-8-13-6-7-14(17)15(18)12(13)3/h6-7,17-18H,4-5,8-11H2,1-3H3. The summed E-state index contributed by atoms with van der Waals surface area (Å²) in [5.74, 6) is -0.0137. The minimum Gasteiger partial charge on any atom is -0.504 e. The van der Waals surface area contributed by atoms with Crippen LogP contribution >= 0.6 is 0 Å². The summed E-state index contributed by atoms with van der Waals surface area (Å²) in [6.07, 6.45) is 3.25. The van der Waals surface area contributed by atoms with Gasteiger partial charge in [0, 0.05) is 6.54 Å². The molecule has 3 nitrogen and oxygen atoms in total. The van der Waals surface area contributed by atoms with Gasteiger partial charge in [-0.15, -0.1) is 0 Å². The van der Waals surface area contributed by atoms with E-state index in [0.717, 1.165) is 37.2 Å². The van der Waals surface area contributed by atoms with Gasteiger partial charge in [-0.05, 0) is 56.5 Å². The van der Waals surface area contributed by atoms with Gasteiger partial charge >= 0.3 is 0 Å². The number of phenolic OH excluding ortho intramolecular Hbond substituents is 2. The van der Waals surface area contributed by atoms with E-state index in [2.05, 4.69) is 18.7 Å². The monoisotopic (exact) mass is 251 g/mol. The summed E-state index contributed by atoms with van der Waals surface area (Å²) in [6, 6.07) is 3.47. The Labute approximate surface area is 110 Å². The van der Waals surface area contributed by atoms with Gasteiger partial charge in [0.2, 0.25) is 0 Å². The lowest BCUT2D eigenvalue weighted by molar-refractivity contribution is 0.278. The number of nitrogens with zero attached hydrogens (tertiary/aromatic N) is 1. The molecule has 0 unspecified atom stereocenters. The lowest BCUT2D eigenvalue weighted by Crippen LogP contribution is -2.27. The first-order valence-electron chi connectivity index (χ1n) is 6.82. The summed E-state index contributed by atoms with van der Waals surface area (Å²) >= 11 is 0. The fraction of sp³-hybridized carbons (Fsp3) is 0.600. The summed E-state index contributed by atoms with van der Waals surface area (Å²) in [7, 11) is 0. The highest BCUT2D eigenvalue weighted by molar-refractivity contribution is 5.48. The molecule has 0 aliphatic heterocycles. The molecule has 1 aromatic rings. The molecule has 1 rings (SSSR count). The van der Waals surface area contributed by atoms with Crippen LogP contribution < -0.4 is 0 Å². The summed E-state index contributed by atoms with van der Waals surface area (Å²) in [5.41, 5.74) is 1.91. The third-order valence-electron chi connectivity index (χ3n) is 3.30. The number of rotatable bonds is 7. The zero-order chi connectivity index (χ0) is 13.5. The fourth-order valence-corrected chi connectivity index (χ4v) is 2.24. The van der Waals surface area contributed by atoms with E-state index in [1.54, 1.807) is 6.07 Å². The van der Waals surface area contributed by atoms with Crippen LogP contribution in [0.1, 0.15) is 37.8 Å². The first-order valence-corrected chi connectivity index (χ1v) is 6.82. The third-order valence-corrected chi connectivity index (χ3v) is 3.30. The predicted molar refractivity (Wildman–Crippen MR) is 75.2 cm³/mol. The quantitative estimate of drug-likeness (QED) is 0.732. The minimum absolute atomic E-state index is 0.0185. The SMILES string of the molecule is CCCN(CCC)CCc1ccc(O)c(O)c1C. The van der Waals surface area contributed by atoms with E-state index in [-0.39, 0.29) is 11.5 Å². The highest BCUT2D eigenvalue weighted by Gasteiger charge is 2.09. The van der Waals surface area contributed by atoms with Crippen LogP contribution in [-0.4, -0.2) is 34.7 Å². The van der Waals surface area contributed by atoms with Crippen LogP contribution in [-0.2, 0) is 6.42 Å². The fourth-order valence-electron chi connectivity index (χ4n) is 2.24. The lowest BCUT2D eigenvalue weighted by atomic mass is 10.0. The van der Waals surface area contributed by atoms with Gasteiger partial charge in [-0.25, -0.2) is 0 Å². The molecule has 0 aliphatic carbocycles. The summed E-state index contributed by atoms with van der Waals surface area (Å²) in [4.78, 5) is 2.45. The van der Waals surface area contributed by atoms with E-state index in [0.29, 0.717) is 0 Å². The molecule has 102 valence electrons. The van der Waals surface area contributed by atoms with Crippen molar-refractivity contribution >= 4 is 0 Å². The molecule has 18 heavy (non-hydrogen) atoms. The Morgan fingerprint density at radius 1 is 1.00 bits per heavy atom. The molecule has 0 spiro atoms. The van der Waals surface area contributed by atoms with E-state index in [1.165, 1.54) is 12.8 Å². The normalized spacial score (nSPS) is 11.1. The van der Waals surface area contributed by atoms with Crippen LogP contribution in [0, 0.1) is 6.92 Å². The van der Waals surface area contributed by atoms with Crippen molar-refractivity contribution in [2.24, 2.45) is 0 Å². The van der Waals surface area contributed by atoms with Crippen LogP contribution in [0.2, 0.25) is 0 Å². The second-order valence-corrected chi connectivity index (χ2v) is 4.81. The molecule has 0 aromatic heterocycles. The van der Waals surface area contributed by atoms with Crippen LogP contribution in [0.5, 0.6) is 11.5 Å². The minimum atomic E-state index is -0.0322. The van der Waals surface area contributed by atoms with Gasteiger partial charge < -0.3 is 15.1 Å². The second kappa shape index (κ2) is 7.27. The Morgan fingerprint density at radius 2 is 1.61 bits per heavy atom. The summed E-state index contributed by atoms with van der Waals surface area (Å²) < 4.78 is 0. The van der Waals surface area contributed by atoms with Crippen molar-refractivity contribution in [3.05, 3.63) is 23.3 Å². The number of aromatic hydroxyl groups is 2. The van der Waals surface area contributed by atoms with Gasteiger partial charge in [-0.3, -0.25) is 0 Å². The molecule has 3 heteroatoms. The largest absolute Gasteiger partial charge is 0.504 e. The number of hydrogen-bond donors (Lipinski definition) is 2. The maximum absolute atomic E-state index is 9.70. The Hall–Kier alpha value is -1.22. The van der Waals surface area contributed by atoms with E-state index in [4.69, 9.17) is 0 Å². The zero-order valence-corrected chi connectivity index (χ0v) is 11.7. The number of benzene rings is 1. The maximum atomic E-state index is 9.70. The second-order valence-electron chi connectivity index (χ2n) is 4.81. The van der Waals surface area contributed by atoms with Gasteiger partial charge in [-0.2, -0.15) is 0 Å². The van der Waals surface area contributed by atoms with Crippen LogP contribution in [0.3, 0.4) is 0 Å². The van der Waals surface area contributed by atoms with Crippen molar-refractivity contribution in [1.29, 1.82) is 0 Å². The first kappa shape index (κ1) is 14.8. The molecule has 0 aliphatic rings. The molecule has 0 heterocycles. The van der Waals surface area contributed by atoms with Crippen molar-refractivity contribution in [3.8, 4) is 11.5 Å². The molecule has 0 atom stereocenters. The van der Waals surface area contributed by atoms with Gasteiger partial charge in [0.1, 0.15) is 0 Å². The van der Waals surface area contributed by atoms with E-state index in [1.807, 2.05) is 13.0 Å². The van der Waals surface area contributed by atoms with Crippen molar-refractivity contribution in [2.75, 3.05) is 19.6 Å². The molecule has 1 aromatic carbocycles. The molecule has 0 amide bonds. The molecule has 2 N–H and O–H groups in total. The van der Waals surface area contributed by atoms with Crippen LogP contribution in [0.4, 0.5) is 0 Å². The van der Waals surface area contributed by atoms with Crippen molar-refractivity contribution in [1.82, 2.24) is 4.90 Å². The van der Waals surface area contributed by atoms with E-state index < -0.39 is 0 Å². The van der Waals surface area contributed by atoms with Gasteiger partial charge in [-0.1, -0.05) is 19.9 Å². The molecule has 0 radical (unpaired) electrons.